The highest BCUT2D eigenvalue weighted by molar-refractivity contribution is 7.12. The zero-order chi connectivity index (χ0) is 18.3. The first-order chi connectivity index (χ1) is 12.5. The number of rotatable bonds is 2. The van der Waals surface area contributed by atoms with Crippen molar-refractivity contribution < 1.29 is 13.6 Å². The number of thiophene rings is 1. The van der Waals surface area contributed by atoms with Gasteiger partial charge in [0.05, 0.1) is 4.88 Å². The third kappa shape index (κ3) is 2.92. The largest absolute Gasteiger partial charge is 0.367 e. The van der Waals surface area contributed by atoms with Crippen LogP contribution in [0.1, 0.15) is 15.4 Å². The second-order valence-electron chi connectivity index (χ2n) is 6.30. The number of halogens is 2. The zero-order valence-electron chi connectivity index (χ0n) is 14.2. The monoisotopic (exact) mass is 373 g/mol. The lowest BCUT2D eigenvalue weighted by Crippen LogP contribution is -2.48. The molecule has 2 aromatic heterocycles. The third-order valence-electron chi connectivity index (χ3n) is 4.62. The Balaban J connectivity index is 1.60. The zero-order valence-corrected chi connectivity index (χ0v) is 15.0. The number of anilines is 1. The van der Waals surface area contributed by atoms with E-state index in [1.165, 1.54) is 11.3 Å². The molecule has 1 aliphatic heterocycles. The summed E-state index contributed by atoms with van der Waals surface area (Å²) in [4.78, 5) is 21.3. The van der Waals surface area contributed by atoms with Gasteiger partial charge in [-0.15, -0.1) is 11.3 Å². The lowest BCUT2D eigenvalue weighted by atomic mass is 10.1. The van der Waals surface area contributed by atoms with Gasteiger partial charge in [-0.3, -0.25) is 4.79 Å². The van der Waals surface area contributed by atoms with Crippen LogP contribution in [0.25, 0.3) is 10.9 Å². The van der Waals surface area contributed by atoms with E-state index in [1.807, 2.05) is 28.5 Å². The van der Waals surface area contributed by atoms with Gasteiger partial charge < -0.3 is 9.80 Å². The van der Waals surface area contributed by atoms with Crippen LogP contribution in [0.5, 0.6) is 0 Å². The molecule has 3 aromatic rings. The Morgan fingerprint density at radius 3 is 2.62 bits per heavy atom. The quantitative estimate of drug-likeness (QED) is 0.685. The average Bonchev–Trinajstić information content (AvgIpc) is 3.19. The molecular formula is C19H17F2N3OS. The maximum absolute atomic E-state index is 14.1. The fourth-order valence-electron chi connectivity index (χ4n) is 3.31. The van der Waals surface area contributed by atoms with E-state index in [9.17, 15) is 13.6 Å². The van der Waals surface area contributed by atoms with Crippen LogP contribution in [-0.4, -0.2) is 42.0 Å². The van der Waals surface area contributed by atoms with Gasteiger partial charge in [-0.2, -0.15) is 0 Å². The molecule has 0 unspecified atom stereocenters. The number of carbonyl (C=O) groups is 1. The summed E-state index contributed by atoms with van der Waals surface area (Å²) in [5, 5.41) is 2.48. The summed E-state index contributed by atoms with van der Waals surface area (Å²) in [5.41, 5.74) is 1.51. The fourth-order valence-corrected chi connectivity index (χ4v) is 4.00. The van der Waals surface area contributed by atoms with Gasteiger partial charge in [-0.05, 0) is 36.6 Å². The summed E-state index contributed by atoms with van der Waals surface area (Å²) in [6.07, 6.45) is 0. The Hall–Kier alpha value is -2.54. The van der Waals surface area contributed by atoms with Gasteiger partial charge in [0.2, 0.25) is 0 Å². The Bertz CT molecular complexity index is 967. The molecule has 134 valence electrons. The first-order valence-corrected chi connectivity index (χ1v) is 9.25. The number of benzene rings is 1. The van der Waals surface area contributed by atoms with Gasteiger partial charge in [0.1, 0.15) is 5.52 Å². The van der Waals surface area contributed by atoms with Crippen molar-refractivity contribution in [3.8, 4) is 0 Å². The molecule has 26 heavy (non-hydrogen) atoms. The Kier molecular flexibility index (Phi) is 4.32. The molecule has 0 bridgehead atoms. The Morgan fingerprint density at radius 1 is 1.15 bits per heavy atom. The van der Waals surface area contributed by atoms with Crippen LogP contribution in [0.2, 0.25) is 0 Å². The number of hydrogen-bond acceptors (Lipinski definition) is 4. The smallest absolute Gasteiger partial charge is 0.264 e. The number of carbonyl (C=O) groups excluding carboxylic acids is 1. The molecule has 0 radical (unpaired) electrons. The molecule has 0 atom stereocenters. The number of hydrogen-bond donors (Lipinski definition) is 0. The number of fused-ring (bicyclic) bond motifs is 1. The number of aromatic nitrogens is 1. The van der Waals surface area contributed by atoms with Crippen molar-refractivity contribution in [1.82, 2.24) is 9.88 Å². The van der Waals surface area contributed by atoms with E-state index in [1.54, 1.807) is 13.0 Å². The van der Waals surface area contributed by atoms with E-state index in [0.717, 1.165) is 16.6 Å². The number of piperazine rings is 1. The van der Waals surface area contributed by atoms with Crippen molar-refractivity contribution in [3.05, 3.63) is 57.9 Å². The number of aryl methyl sites for hydroxylation is 1. The standard InChI is InChI=1S/C19H17F2N3OS/c1-12-11-15(13-4-5-14(20)17(21)18(13)22-12)23-6-8-24(9-7-23)19(25)16-3-2-10-26-16/h2-5,10-11H,6-9H2,1H3. The first kappa shape index (κ1) is 16.9. The van der Waals surface area contributed by atoms with Crippen LogP contribution < -0.4 is 4.90 Å². The second-order valence-corrected chi connectivity index (χ2v) is 7.24. The molecule has 7 heteroatoms. The van der Waals surface area contributed by atoms with Gasteiger partial charge in [-0.25, -0.2) is 13.8 Å². The van der Waals surface area contributed by atoms with Crippen molar-refractivity contribution in [1.29, 1.82) is 0 Å². The van der Waals surface area contributed by atoms with E-state index >= 15 is 0 Å². The molecule has 1 aromatic carbocycles. The lowest BCUT2D eigenvalue weighted by molar-refractivity contribution is 0.0751. The summed E-state index contributed by atoms with van der Waals surface area (Å²) < 4.78 is 27.7. The molecule has 4 nitrogen and oxygen atoms in total. The van der Waals surface area contributed by atoms with E-state index in [2.05, 4.69) is 9.88 Å². The van der Waals surface area contributed by atoms with Crippen molar-refractivity contribution in [2.45, 2.75) is 6.92 Å². The number of nitrogens with zero attached hydrogens (tertiary/aromatic N) is 3. The Morgan fingerprint density at radius 2 is 1.92 bits per heavy atom. The molecule has 4 rings (SSSR count). The van der Waals surface area contributed by atoms with Crippen molar-refractivity contribution >= 4 is 33.8 Å². The molecule has 0 spiro atoms. The van der Waals surface area contributed by atoms with Gasteiger partial charge in [0, 0.05) is 42.9 Å². The van der Waals surface area contributed by atoms with Crippen LogP contribution in [0.15, 0.2) is 35.7 Å². The first-order valence-electron chi connectivity index (χ1n) is 8.37. The topological polar surface area (TPSA) is 36.4 Å². The normalized spacial score (nSPS) is 14.9. The molecular weight excluding hydrogens is 356 g/mol. The molecule has 3 heterocycles. The van der Waals surface area contributed by atoms with E-state index in [-0.39, 0.29) is 11.4 Å². The lowest BCUT2D eigenvalue weighted by Gasteiger charge is -2.36. The maximum atomic E-state index is 14.1. The van der Waals surface area contributed by atoms with Crippen molar-refractivity contribution in [2.75, 3.05) is 31.1 Å². The SMILES string of the molecule is Cc1cc(N2CCN(C(=O)c3cccs3)CC2)c2ccc(F)c(F)c2n1. The minimum Gasteiger partial charge on any atom is -0.367 e. The molecule has 1 amide bonds. The van der Waals surface area contributed by atoms with Crippen LogP contribution in [0.4, 0.5) is 14.5 Å². The summed E-state index contributed by atoms with van der Waals surface area (Å²) in [5.74, 6) is -1.77. The second kappa shape index (κ2) is 6.64. The molecule has 0 saturated carbocycles. The van der Waals surface area contributed by atoms with E-state index in [4.69, 9.17) is 0 Å². The van der Waals surface area contributed by atoms with Crippen LogP contribution in [0.3, 0.4) is 0 Å². The third-order valence-corrected chi connectivity index (χ3v) is 5.48. The summed E-state index contributed by atoms with van der Waals surface area (Å²) >= 11 is 1.44. The molecule has 0 N–H and O–H groups in total. The van der Waals surface area contributed by atoms with Crippen molar-refractivity contribution in [2.24, 2.45) is 0 Å². The molecule has 1 aliphatic rings. The highest BCUT2D eigenvalue weighted by atomic mass is 32.1. The number of pyridine rings is 1. The Labute approximate surface area is 153 Å². The van der Waals surface area contributed by atoms with E-state index in [0.29, 0.717) is 37.3 Å². The minimum atomic E-state index is -0.918. The van der Waals surface area contributed by atoms with Crippen molar-refractivity contribution in [3.63, 3.8) is 0 Å². The summed E-state index contributed by atoms with van der Waals surface area (Å²) in [6, 6.07) is 8.29. The van der Waals surface area contributed by atoms with Gasteiger partial charge in [-0.1, -0.05) is 6.07 Å². The van der Waals surface area contributed by atoms with Crippen LogP contribution >= 0.6 is 11.3 Å². The average molecular weight is 373 g/mol. The minimum absolute atomic E-state index is 0.0449. The molecule has 1 saturated heterocycles. The highest BCUT2D eigenvalue weighted by Crippen LogP contribution is 2.30. The van der Waals surface area contributed by atoms with E-state index < -0.39 is 11.6 Å². The summed E-state index contributed by atoms with van der Waals surface area (Å²) in [7, 11) is 0. The van der Waals surface area contributed by atoms with Crippen LogP contribution in [-0.2, 0) is 0 Å². The predicted molar refractivity (Wildman–Crippen MR) is 98.8 cm³/mol. The fraction of sp³-hybridized carbons (Fsp3) is 0.263. The van der Waals surface area contributed by atoms with Gasteiger partial charge in [0.15, 0.2) is 11.6 Å². The summed E-state index contributed by atoms with van der Waals surface area (Å²) in [6.45, 7) is 4.21. The highest BCUT2D eigenvalue weighted by Gasteiger charge is 2.24. The maximum Gasteiger partial charge on any atom is 0.264 e. The predicted octanol–water partition coefficient (Wildman–Crippen LogP) is 3.85. The van der Waals surface area contributed by atoms with Gasteiger partial charge in [0.25, 0.3) is 5.91 Å². The van der Waals surface area contributed by atoms with Crippen LogP contribution in [0, 0.1) is 18.6 Å². The number of amides is 1. The molecule has 1 fully saturated rings. The molecule has 0 aliphatic carbocycles. The van der Waals surface area contributed by atoms with Gasteiger partial charge >= 0.3 is 0 Å².